The molecule has 0 bridgehead atoms. The van der Waals surface area contributed by atoms with Gasteiger partial charge in [0.2, 0.25) is 0 Å². The zero-order valence-electron chi connectivity index (χ0n) is 11.4. The first-order chi connectivity index (χ1) is 8.61. The normalized spacial score (nSPS) is 19.0. The van der Waals surface area contributed by atoms with Crippen molar-refractivity contribution in [3.63, 3.8) is 0 Å². The van der Waals surface area contributed by atoms with Gasteiger partial charge in [-0.15, -0.1) is 0 Å². The molecule has 1 saturated heterocycles. The molecule has 0 amide bonds. The summed E-state index contributed by atoms with van der Waals surface area (Å²) in [5.41, 5.74) is 2.74. The lowest BCUT2D eigenvalue weighted by atomic mass is 10.0. The zero-order chi connectivity index (χ0) is 13.1. The van der Waals surface area contributed by atoms with Crippen molar-refractivity contribution in [2.75, 3.05) is 45.2 Å². The second-order valence-corrected chi connectivity index (χ2v) is 5.92. The lowest BCUT2D eigenvalue weighted by Crippen LogP contribution is -2.45. The van der Waals surface area contributed by atoms with Gasteiger partial charge in [0.1, 0.15) is 0 Å². The second kappa shape index (κ2) is 6.04. The summed E-state index contributed by atoms with van der Waals surface area (Å²) in [7, 11) is 4.20. The summed E-state index contributed by atoms with van der Waals surface area (Å²) in [6, 6.07) is 6.98. The zero-order valence-corrected chi connectivity index (χ0v) is 13.0. The number of halogens is 1. The summed E-state index contributed by atoms with van der Waals surface area (Å²) in [6.45, 7) is 6.72. The Balaban J connectivity index is 2.26. The van der Waals surface area contributed by atoms with E-state index in [9.17, 15) is 0 Å². The number of hydrogen-bond acceptors (Lipinski definition) is 3. The Kier molecular flexibility index (Phi) is 4.65. The molecule has 1 aliphatic rings. The van der Waals surface area contributed by atoms with Crippen LogP contribution in [-0.2, 0) is 0 Å². The third-order valence-corrected chi connectivity index (χ3v) is 4.23. The minimum atomic E-state index is 0.372. The second-order valence-electron chi connectivity index (χ2n) is 5.00. The number of nitrogens with zero attached hydrogens (tertiary/aromatic N) is 2. The summed E-state index contributed by atoms with van der Waals surface area (Å²) >= 11 is 3.57. The molecule has 100 valence electrons. The number of hydrogen-bond donors (Lipinski definition) is 1. The summed E-state index contributed by atoms with van der Waals surface area (Å²) < 4.78 is 1.15. The Morgan fingerprint density at radius 2 is 1.89 bits per heavy atom. The van der Waals surface area contributed by atoms with E-state index in [0.717, 1.165) is 30.7 Å². The fourth-order valence-corrected chi connectivity index (χ4v) is 2.74. The van der Waals surface area contributed by atoms with Gasteiger partial charge in [-0.25, -0.2) is 0 Å². The van der Waals surface area contributed by atoms with Crippen LogP contribution in [0.25, 0.3) is 0 Å². The van der Waals surface area contributed by atoms with Gasteiger partial charge in [-0.05, 0) is 44.8 Å². The molecule has 0 spiro atoms. The van der Waals surface area contributed by atoms with Gasteiger partial charge in [-0.1, -0.05) is 15.9 Å². The van der Waals surface area contributed by atoms with Crippen LogP contribution in [0, 0.1) is 0 Å². The van der Waals surface area contributed by atoms with E-state index in [1.54, 1.807) is 0 Å². The number of anilines is 1. The van der Waals surface area contributed by atoms with Crippen molar-refractivity contribution < 1.29 is 0 Å². The smallest absolute Gasteiger partial charge is 0.0416 e. The number of nitrogens with one attached hydrogen (secondary N) is 1. The van der Waals surface area contributed by atoms with Crippen molar-refractivity contribution in [3.8, 4) is 0 Å². The predicted molar refractivity (Wildman–Crippen MR) is 81.3 cm³/mol. The fourth-order valence-electron chi connectivity index (χ4n) is 2.36. The highest BCUT2D eigenvalue weighted by atomic mass is 79.9. The highest BCUT2D eigenvalue weighted by molar-refractivity contribution is 9.10. The van der Waals surface area contributed by atoms with Gasteiger partial charge in [0, 0.05) is 42.4 Å². The van der Waals surface area contributed by atoms with E-state index in [1.165, 1.54) is 11.3 Å². The lowest BCUT2D eigenvalue weighted by molar-refractivity contribution is 0.312. The molecule has 1 unspecified atom stereocenters. The van der Waals surface area contributed by atoms with Crippen molar-refractivity contribution in [3.05, 3.63) is 28.2 Å². The van der Waals surface area contributed by atoms with Gasteiger partial charge in [-0.3, -0.25) is 0 Å². The van der Waals surface area contributed by atoms with Crippen LogP contribution >= 0.6 is 15.9 Å². The van der Waals surface area contributed by atoms with Crippen LogP contribution in [0.4, 0.5) is 5.69 Å². The molecule has 1 aromatic rings. The van der Waals surface area contributed by atoms with Crippen molar-refractivity contribution in [2.24, 2.45) is 0 Å². The highest BCUT2D eigenvalue weighted by Crippen LogP contribution is 2.30. The van der Waals surface area contributed by atoms with Crippen LogP contribution in [0.1, 0.15) is 18.5 Å². The average Bonchev–Trinajstić information content (AvgIpc) is 2.39. The van der Waals surface area contributed by atoms with E-state index in [2.05, 4.69) is 63.2 Å². The van der Waals surface area contributed by atoms with Crippen LogP contribution in [0.15, 0.2) is 22.7 Å². The molecule has 0 aliphatic carbocycles. The maximum atomic E-state index is 3.57. The van der Waals surface area contributed by atoms with Gasteiger partial charge >= 0.3 is 0 Å². The molecule has 0 radical (unpaired) electrons. The SMILES string of the molecule is CNC(C)c1cc(Br)ccc1N1CCN(C)CC1. The van der Waals surface area contributed by atoms with Gasteiger partial charge in [0.25, 0.3) is 0 Å². The van der Waals surface area contributed by atoms with Crippen molar-refractivity contribution >= 4 is 21.6 Å². The van der Waals surface area contributed by atoms with E-state index >= 15 is 0 Å². The van der Waals surface area contributed by atoms with Crippen LogP contribution in [0.5, 0.6) is 0 Å². The molecular formula is C14H22BrN3. The monoisotopic (exact) mass is 311 g/mol. The Morgan fingerprint density at radius 1 is 1.22 bits per heavy atom. The molecule has 3 nitrogen and oxygen atoms in total. The summed E-state index contributed by atoms with van der Waals surface area (Å²) in [5.74, 6) is 0. The molecule has 1 aliphatic heterocycles. The first-order valence-corrected chi connectivity index (χ1v) is 7.31. The minimum absolute atomic E-state index is 0.372. The minimum Gasteiger partial charge on any atom is -0.369 e. The third-order valence-electron chi connectivity index (χ3n) is 3.73. The Hall–Kier alpha value is -0.580. The lowest BCUT2D eigenvalue weighted by Gasteiger charge is -2.36. The number of piperazine rings is 1. The summed E-state index contributed by atoms with van der Waals surface area (Å²) in [5, 5.41) is 3.34. The van der Waals surface area contributed by atoms with E-state index in [-0.39, 0.29) is 0 Å². The molecule has 4 heteroatoms. The van der Waals surface area contributed by atoms with E-state index in [0.29, 0.717) is 6.04 Å². The average molecular weight is 312 g/mol. The molecular weight excluding hydrogens is 290 g/mol. The highest BCUT2D eigenvalue weighted by Gasteiger charge is 2.19. The standard InChI is InChI=1S/C14H22BrN3/c1-11(16-2)13-10-12(15)4-5-14(13)18-8-6-17(3)7-9-18/h4-5,10-11,16H,6-9H2,1-3H3. The van der Waals surface area contributed by atoms with E-state index in [4.69, 9.17) is 0 Å². The molecule has 18 heavy (non-hydrogen) atoms. The van der Waals surface area contributed by atoms with Crippen molar-refractivity contribution in [2.45, 2.75) is 13.0 Å². The molecule has 1 heterocycles. The van der Waals surface area contributed by atoms with E-state index < -0.39 is 0 Å². The van der Waals surface area contributed by atoms with Crippen LogP contribution in [-0.4, -0.2) is 45.2 Å². The summed E-state index contributed by atoms with van der Waals surface area (Å²) in [4.78, 5) is 4.88. The van der Waals surface area contributed by atoms with Crippen molar-refractivity contribution in [1.82, 2.24) is 10.2 Å². The molecule has 1 N–H and O–H groups in total. The predicted octanol–water partition coefficient (Wildman–Crippen LogP) is 2.48. The molecule has 1 aromatic carbocycles. The molecule has 2 rings (SSSR count). The Bertz CT molecular complexity index is 400. The van der Waals surface area contributed by atoms with Crippen LogP contribution in [0.2, 0.25) is 0 Å². The van der Waals surface area contributed by atoms with Crippen LogP contribution < -0.4 is 10.2 Å². The molecule has 0 aromatic heterocycles. The fraction of sp³-hybridized carbons (Fsp3) is 0.571. The van der Waals surface area contributed by atoms with Crippen molar-refractivity contribution in [1.29, 1.82) is 0 Å². The maximum Gasteiger partial charge on any atom is 0.0416 e. The summed E-state index contributed by atoms with van der Waals surface area (Å²) in [6.07, 6.45) is 0. The van der Waals surface area contributed by atoms with Gasteiger partial charge in [0.05, 0.1) is 0 Å². The molecule has 1 fully saturated rings. The molecule has 0 saturated carbocycles. The van der Waals surface area contributed by atoms with E-state index in [1.807, 2.05) is 7.05 Å². The van der Waals surface area contributed by atoms with Gasteiger partial charge in [-0.2, -0.15) is 0 Å². The number of likely N-dealkylation sites (N-methyl/N-ethyl adjacent to an activating group) is 1. The van der Waals surface area contributed by atoms with Gasteiger partial charge in [0.15, 0.2) is 0 Å². The Labute approximate surface area is 118 Å². The Morgan fingerprint density at radius 3 is 2.50 bits per heavy atom. The van der Waals surface area contributed by atoms with Crippen LogP contribution in [0.3, 0.4) is 0 Å². The third kappa shape index (κ3) is 3.05. The first-order valence-electron chi connectivity index (χ1n) is 6.52. The maximum absolute atomic E-state index is 3.57. The topological polar surface area (TPSA) is 18.5 Å². The quantitative estimate of drug-likeness (QED) is 0.925. The first kappa shape index (κ1) is 13.8. The molecule has 1 atom stereocenters. The number of benzene rings is 1. The number of rotatable bonds is 3. The van der Waals surface area contributed by atoms with Gasteiger partial charge < -0.3 is 15.1 Å². The largest absolute Gasteiger partial charge is 0.369 e.